The molecule has 2 N–H and O–H groups in total. The number of carbonyl (C=O) groups excluding carboxylic acids is 1. The van der Waals surface area contributed by atoms with E-state index in [0.29, 0.717) is 23.0 Å². The molecule has 1 aliphatic heterocycles. The minimum absolute atomic E-state index is 0.259. The molecule has 33 heavy (non-hydrogen) atoms. The van der Waals surface area contributed by atoms with Crippen molar-refractivity contribution in [1.29, 1.82) is 0 Å². The summed E-state index contributed by atoms with van der Waals surface area (Å²) in [5.74, 6) is 1.87. The molecule has 0 fully saturated rings. The fraction of sp³-hybridized carbons (Fsp3) is 0.250. The van der Waals surface area contributed by atoms with Crippen LogP contribution in [-0.2, 0) is 4.79 Å². The van der Waals surface area contributed by atoms with E-state index in [9.17, 15) is 4.79 Å². The summed E-state index contributed by atoms with van der Waals surface area (Å²) >= 11 is 0. The number of hydrogen-bond acceptors (Lipinski definition) is 7. The summed E-state index contributed by atoms with van der Waals surface area (Å²) in [7, 11) is 0. The van der Waals surface area contributed by atoms with Crippen LogP contribution in [0.1, 0.15) is 43.7 Å². The van der Waals surface area contributed by atoms with Gasteiger partial charge in [0.05, 0.1) is 11.9 Å². The number of amides is 1. The molecule has 170 valence electrons. The van der Waals surface area contributed by atoms with Gasteiger partial charge in [0, 0.05) is 6.08 Å². The van der Waals surface area contributed by atoms with Crippen LogP contribution in [0, 0.1) is 0 Å². The molecule has 9 heteroatoms. The lowest BCUT2D eigenvalue weighted by Crippen LogP contribution is -2.24. The van der Waals surface area contributed by atoms with Gasteiger partial charge in [0.15, 0.2) is 23.4 Å². The standard InChI is InChI=1S/C24H25N5O4/c1-2-3-4-5-15-31-18-12-9-17(10-13-18)11-14-22(30)25-19-7-6-8-20-23(19)33-21(16-32-20)24-26-28-29-27-24/h5-15,21H,2-4,16H2,1H3,(H,25,30)(H,26,27,28,29)/b14-11+,15-5+. The Morgan fingerprint density at radius 2 is 2.15 bits per heavy atom. The van der Waals surface area contributed by atoms with Gasteiger partial charge in [-0.15, -0.1) is 5.10 Å². The molecule has 0 radical (unpaired) electrons. The first-order chi connectivity index (χ1) is 16.2. The van der Waals surface area contributed by atoms with Crippen molar-refractivity contribution in [1.82, 2.24) is 20.6 Å². The Bertz CT molecular complexity index is 1110. The number of aromatic nitrogens is 4. The lowest BCUT2D eigenvalue weighted by atomic mass is 10.2. The number of nitrogens with one attached hydrogen (secondary N) is 2. The zero-order chi connectivity index (χ0) is 22.9. The van der Waals surface area contributed by atoms with Gasteiger partial charge < -0.3 is 19.5 Å². The maximum absolute atomic E-state index is 12.5. The van der Waals surface area contributed by atoms with Crippen LogP contribution in [-0.4, -0.2) is 33.1 Å². The Labute approximate surface area is 191 Å². The Balaban J connectivity index is 1.35. The number of nitrogens with zero attached hydrogens (tertiary/aromatic N) is 3. The molecule has 4 rings (SSSR count). The van der Waals surface area contributed by atoms with Crippen LogP contribution >= 0.6 is 0 Å². The van der Waals surface area contributed by atoms with Crippen molar-refractivity contribution in [3.63, 3.8) is 0 Å². The van der Waals surface area contributed by atoms with Gasteiger partial charge in [-0.2, -0.15) is 0 Å². The van der Waals surface area contributed by atoms with Gasteiger partial charge in [-0.3, -0.25) is 4.79 Å². The van der Waals surface area contributed by atoms with Crippen molar-refractivity contribution >= 4 is 17.7 Å². The third-order valence-corrected chi connectivity index (χ3v) is 4.89. The molecule has 1 amide bonds. The van der Waals surface area contributed by atoms with Crippen LogP contribution in [0.2, 0.25) is 0 Å². The van der Waals surface area contributed by atoms with E-state index in [2.05, 4.69) is 32.9 Å². The predicted molar refractivity (Wildman–Crippen MR) is 123 cm³/mol. The van der Waals surface area contributed by atoms with E-state index in [-0.39, 0.29) is 12.5 Å². The van der Waals surface area contributed by atoms with Crippen LogP contribution in [0.3, 0.4) is 0 Å². The van der Waals surface area contributed by atoms with Crippen molar-refractivity contribution in [2.45, 2.75) is 32.3 Å². The first-order valence-electron chi connectivity index (χ1n) is 10.8. The van der Waals surface area contributed by atoms with E-state index in [0.717, 1.165) is 30.6 Å². The number of benzene rings is 2. The Kier molecular flexibility index (Phi) is 7.32. The molecule has 1 unspecified atom stereocenters. The van der Waals surface area contributed by atoms with Crippen LogP contribution < -0.4 is 19.5 Å². The number of hydrogen-bond donors (Lipinski definition) is 2. The van der Waals surface area contributed by atoms with E-state index in [1.165, 1.54) is 6.08 Å². The number of para-hydroxylation sites is 1. The number of H-pyrrole nitrogens is 1. The smallest absolute Gasteiger partial charge is 0.248 e. The summed E-state index contributed by atoms with van der Waals surface area (Å²) in [6.45, 7) is 2.42. The Hall–Kier alpha value is -4.14. The second-order valence-corrected chi connectivity index (χ2v) is 7.36. The van der Waals surface area contributed by atoms with Gasteiger partial charge in [-0.05, 0) is 65.2 Å². The van der Waals surface area contributed by atoms with Crippen molar-refractivity contribution < 1.29 is 19.0 Å². The van der Waals surface area contributed by atoms with Crippen LogP contribution in [0.15, 0.2) is 60.9 Å². The fourth-order valence-corrected chi connectivity index (χ4v) is 3.15. The first kappa shape index (κ1) is 22.1. The molecule has 0 aliphatic carbocycles. The van der Waals surface area contributed by atoms with Crippen molar-refractivity contribution in [2.24, 2.45) is 0 Å². The zero-order valence-corrected chi connectivity index (χ0v) is 18.2. The van der Waals surface area contributed by atoms with Crippen molar-refractivity contribution in [2.75, 3.05) is 11.9 Å². The second-order valence-electron chi connectivity index (χ2n) is 7.36. The van der Waals surface area contributed by atoms with Crippen LogP contribution in [0.4, 0.5) is 5.69 Å². The molecule has 3 aromatic rings. The zero-order valence-electron chi connectivity index (χ0n) is 18.2. The molecular weight excluding hydrogens is 422 g/mol. The van der Waals surface area contributed by atoms with E-state index in [1.807, 2.05) is 30.3 Å². The average Bonchev–Trinajstić information content (AvgIpc) is 3.38. The number of fused-ring (bicyclic) bond motifs is 1. The normalized spacial score (nSPS) is 15.1. The van der Waals surface area contributed by atoms with E-state index in [1.54, 1.807) is 30.5 Å². The first-order valence-corrected chi connectivity index (χ1v) is 10.8. The summed E-state index contributed by atoms with van der Waals surface area (Å²) < 4.78 is 17.3. The van der Waals surface area contributed by atoms with Crippen molar-refractivity contribution in [3.05, 3.63) is 72.3 Å². The van der Waals surface area contributed by atoms with E-state index in [4.69, 9.17) is 14.2 Å². The number of aromatic amines is 1. The van der Waals surface area contributed by atoms with Gasteiger partial charge in [0.2, 0.25) is 5.91 Å². The minimum Gasteiger partial charge on any atom is -0.485 e. The summed E-state index contributed by atoms with van der Waals surface area (Å²) in [6, 6.07) is 12.8. The number of rotatable bonds is 9. The third-order valence-electron chi connectivity index (χ3n) is 4.89. The molecule has 9 nitrogen and oxygen atoms in total. The summed E-state index contributed by atoms with van der Waals surface area (Å²) in [6.07, 6.45) is 9.74. The molecule has 1 aliphatic rings. The molecule has 0 bridgehead atoms. The third kappa shape index (κ3) is 5.97. The fourth-order valence-electron chi connectivity index (χ4n) is 3.15. The SMILES string of the molecule is CCCC/C=C/Oc1ccc(/C=C/C(=O)Nc2cccc3c2OC(c2nnn[nH]2)CO3)cc1. The number of ether oxygens (including phenoxy) is 3. The highest BCUT2D eigenvalue weighted by molar-refractivity contribution is 6.03. The average molecular weight is 447 g/mol. The number of unbranched alkanes of at least 4 members (excludes halogenated alkanes) is 2. The highest BCUT2D eigenvalue weighted by atomic mass is 16.6. The predicted octanol–water partition coefficient (Wildman–Crippen LogP) is 4.45. The molecule has 0 spiro atoms. The maximum Gasteiger partial charge on any atom is 0.248 e. The number of carbonyl (C=O) groups is 1. The molecular formula is C24H25N5O4. The van der Waals surface area contributed by atoms with Gasteiger partial charge in [-0.25, -0.2) is 5.10 Å². The quantitative estimate of drug-likeness (QED) is 0.283. The Morgan fingerprint density at radius 3 is 2.94 bits per heavy atom. The van der Waals surface area contributed by atoms with Gasteiger partial charge in [0.25, 0.3) is 0 Å². The Morgan fingerprint density at radius 1 is 1.27 bits per heavy atom. The molecule has 1 aromatic heterocycles. The molecule has 0 saturated heterocycles. The van der Waals surface area contributed by atoms with E-state index < -0.39 is 6.10 Å². The second kappa shape index (κ2) is 10.9. The number of tetrazole rings is 1. The van der Waals surface area contributed by atoms with Gasteiger partial charge in [0.1, 0.15) is 12.4 Å². The van der Waals surface area contributed by atoms with E-state index >= 15 is 0 Å². The lowest BCUT2D eigenvalue weighted by Gasteiger charge is -2.26. The lowest BCUT2D eigenvalue weighted by molar-refractivity contribution is -0.111. The monoisotopic (exact) mass is 447 g/mol. The molecule has 0 saturated carbocycles. The topological polar surface area (TPSA) is 111 Å². The summed E-state index contributed by atoms with van der Waals surface area (Å²) in [5, 5.41) is 16.5. The molecule has 1 atom stereocenters. The van der Waals surface area contributed by atoms with Crippen molar-refractivity contribution in [3.8, 4) is 17.2 Å². The highest BCUT2D eigenvalue weighted by Crippen LogP contribution is 2.41. The number of anilines is 1. The highest BCUT2D eigenvalue weighted by Gasteiger charge is 2.27. The summed E-state index contributed by atoms with van der Waals surface area (Å²) in [5.41, 5.74) is 1.37. The maximum atomic E-state index is 12.5. The molecule has 2 heterocycles. The van der Waals surface area contributed by atoms with Crippen LogP contribution in [0.5, 0.6) is 17.2 Å². The minimum atomic E-state index is -0.497. The largest absolute Gasteiger partial charge is 0.485 e. The van der Waals surface area contributed by atoms with Gasteiger partial charge in [-0.1, -0.05) is 31.5 Å². The van der Waals surface area contributed by atoms with Crippen LogP contribution in [0.25, 0.3) is 6.08 Å². The molecule has 2 aromatic carbocycles. The summed E-state index contributed by atoms with van der Waals surface area (Å²) in [4.78, 5) is 12.5. The van der Waals surface area contributed by atoms with Gasteiger partial charge >= 0.3 is 0 Å². The number of allylic oxidation sites excluding steroid dienone is 1.